The van der Waals surface area contributed by atoms with Crippen LogP contribution in [0.25, 0.3) is 0 Å². The van der Waals surface area contributed by atoms with Gasteiger partial charge >= 0.3 is 6.09 Å². The summed E-state index contributed by atoms with van der Waals surface area (Å²) in [6.45, 7) is 9.05. The van der Waals surface area contributed by atoms with Crippen LogP contribution in [-0.2, 0) is 21.3 Å². The molecule has 0 aromatic heterocycles. The normalized spacial score (nSPS) is 12.3. The first kappa shape index (κ1) is 24.7. The quantitative estimate of drug-likeness (QED) is 0.253. The van der Waals surface area contributed by atoms with Crippen molar-refractivity contribution < 1.29 is 17.9 Å². The van der Waals surface area contributed by atoms with Gasteiger partial charge in [-0.2, -0.15) is 0 Å². The zero-order chi connectivity index (χ0) is 21.8. The molecule has 0 heterocycles. The van der Waals surface area contributed by atoms with Crippen LogP contribution >= 0.6 is 0 Å². The molecule has 0 unspecified atom stereocenters. The minimum Gasteiger partial charge on any atom is -0.444 e. The van der Waals surface area contributed by atoms with Crippen molar-refractivity contribution >= 4 is 22.1 Å². The van der Waals surface area contributed by atoms with Crippen LogP contribution in [0.5, 0.6) is 0 Å². The Balaban J connectivity index is 2.37. The van der Waals surface area contributed by atoms with Gasteiger partial charge < -0.3 is 20.7 Å². The van der Waals surface area contributed by atoms with Crippen molar-refractivity contribution in [2.24, 2.45) is 4.99 Å². The van der Waals surface area contributed by atoms with Gasteiger partial charge in [0.05, 0.1) is 12.3 Å². The summed E-state index contributed by atoms with van der Waals surface area (Å²) >= 11 is 0. The van der Waals surface area contributed by atoms with Crippen LogP contribution in [0.15, 0.2) is 35.3 Å². The summed E-state index contributed by atoms with van der Waals surface area (Å²) in [5.41, 5.74) is 0.348. The van der Waals surface area contributed by atoms with Crippen LogP contribution in [0, 0.1) is 0 Å². The first-order chi connectivity index (χ1) is 13.6. The van der Waals surface area contributed by atoms with E-state index in [2.05, 4.69) is 25.7 Å². The summed E-state index contributed by atoms with van der Waals surface area (Å²) in [5.74, 6) is 0.365. The SMILES string of the molecule is CCNC(=NCCS(=O)(=O)NCc1ccccc1)NCCNC(=O)OC(C)(C)C. The summed E-state index contributed by atoms with van der Waals surface area (Å²) in [5, 5.41) is 8.71. The van der Waals surface area contributed by atoms with E-state index >= 15 is 0 Å². The molecule has 1 rings (SSSR count). The smallest absolute Gasteiger partial charge is 0.407 e. The molecule has 0 bridgehead atoms. The highest BCUT2D eigenvalue weighted by atomic mass is 32.2. The highest BCUT2D eigenvalue weighted by Crippen LogP contribution is 2.06. The average Bonchev–Trinajstić information content (AvgIpc) is 2.63. The predicted molar refractivity (Wildman–Crippen MR) is 115 cm³/mol. The highest BCUT2D eigenvalue weighted by molar-refractivity contribution is 7.89. The van der Waals surface area contributed by atoms with Crippen LogP contribution in [0.2, 0.25) is 0 Å². The molecule has 164 valence electrons. The van der Waals surface area contributed by atoms with E-state index in [1.54, 1.807) is 20.8 Å². The topological polar surface area (TPSA) is 121 Å². The number of hydrogen-bond donors (Lipinski definition) is 4. The number of rotatable bonds is 10. The summed E-state index contributed by atoms with van der Waals surface area (Å²) in [6, 6.07) is 9.32. The van der Waals surface area contributed by atoms with Crippen LogP contribution in [0.3, 0.4) is 0 Å². The number of aliphatic imine (C=N–C) groups is 1. The van der Waals surface area contributed by atoms with Crippen molar-refractivity contribution in [1.82, 2.24) is 20.7 Å². The number of hydrogen-bond acceptors (Lipinski definition) is 5. The zero-order valence-electron chi connectivity index (χ0n) is 17.6. The van der Waals surface area contributed by atoms with Crippen LogP contribution in [0.1, 0.15) is 33.3 Å². The lowest BCUT2D eigenvalue weighted by molar-refractivity contribution is 0.0529. The second-order valence-corrected chi connectivity index (χ2v) is 9.17. The van der Waals surface area contributed by atoms with E-state index in [4.69, 9.17) is 4.74 Å². The van der Waals surface area contributed by atoms with E-state index in [0.717, 1.165) is 5.56 Å². The van der Waals surface area contributed by atoms with E-state index in [0.29, 0.717) is 25.6 Å². The Bertz CT molecular complexity index is 746. The molecule has 1 aromatic carbocycles. The Morgan fingerprint density at radius 3 is 2.34 bits per heavy atom. The minimum absolute atomic E-state index is 0.110. The van der Waals surface area contributed by atoms with Gasteiger partial charge in [-0.05, 0) is 33.3 Å². The Hall–Kier alpha value is -2.33. The monoisotopic (exact) mass is 427 g/mol. The zero-order valence-corrected chi connectivity index (χ0v) is 18.4. The average molecular weight is 428 g/mol. The van der Waals surface area contributed by atoms with Crippen molar-refractivity contribution in [3.8, 4) is 0 Å². The fourth-order valence-corrected chi connectivity index (χ4v) is 3.00. The van der Waals surface area contributed by atoms with Crippen LogP contribution in [0.4, 0.5) is 4.79 Å². The molecule has 0 aliphatic carbocycles. The Kier molecular flexibility index (Phi) is 10.5. The van der Waals surface area contributed by atoms with Gasteiger partial charge in [-0.15, -0.1) is 0 Å². The van der Waals surface area contributed by atoms with Crippen molar-refractivity contribution in [2.75, 3.05) is 31.9 Å². The molecule has 0 radical (unpaired) electrons. The molecule has 0 saturated carbocycles. The lowest BCUT2D eigenvalue weighted by Gasteiger charge is -2.19. The molecule has 29 heavy (non-hydrogen) atoms. The van der Waals surface area contributed by atoms with E-state index in [1.807, 2.05) is 37.3 Å². The number of ether oxygens (including phenoxy) is 1. The molecule has 9 nitrogen and oxygen atoms in total. The molecule has 0 aliphatic rings. The van der Waals surface area contributed by atoms with Gasteiger partial charge in [-0.1, -0.05) is 30.3 Å². The molecular weight excluding hydrogens is 394 g/mol. The first-order valence-electron chi connectivity index (χ1n) is 9.61. The number of sulfonamides is 1. The van der Waals surface area contributed by atoms with Gasteiger partial charge in [-0.3, -0.25) is 4.99 Å². The molecule has 0 atom stereocenters. The first-order valence-corrected chi connectivity index (χ1v) is 11.3. The van der Waals surface area contributed by atoms with Gasteiger partial charge in [0.2, 0.25) is 10.0 Å². The van der Waals surface area contributed by atoms with E-state index in [9.17, 15) is 13.2 Å². The van der Waals surface area contributed by atoms with Crippen molar-refractivity contribution in [2.45, 2.75) is 39.8 Å². The fraction of sp³-hybridized carbons (Fsp3) is 0.579. The number of carbonyl (C=O) groups is 1. The van der Waals surface area contributed by atoms with Gasteiger partial charge in [-0.25, -0.2) is 17.9 Å². The molecule has 0 saturated heterocycles. The Morgan fingerprint density at radius 2 is 1.72 bits per heavy atom. The second-order valence-electron chi connectivity index (χ2n) is 7.24. The van der Waals surface area contributed by atoms with Gasteiger partial charge in [0.15, 0.2) is 5.96 Å². The number of nitrogens with one attached hydrogen (secondary N) is 4. The summed E-state index contributed by atoms with van der Waals surface area (Å²) < 4.78 is 31.9. The van der Waals surface area contributed by atoms with Crippen LogP contribution in [-0.4, -0.2) is 58.0 Å². The second kappa shape index (κ2) is 12.3. The highest BCUT2D eigenvalue weighted by Gasteiger charge is 2.15. The summed E-state index contributed by atoms with van der Waals surface area (Å²) in [6.07, 6.45) is -0.489. The summed E-state index contributed by atoms with van der Waals surface area (Å²) in [7, 11) is -3.43. The molecule has 4 N–H and O–H groups in total. The third kappa shape index (κ3) is 12.7. The van der Waals surface area contributed by atoms with E-state index < -0.39 is 21.7 Å². The van der Waals surface area contributed by atoms with Crippen molar-refractivity contribution in [3.63, 3.8) is 0 Å². The number of carbonyl (C=O) groups excluding carboxylic acids is 1. The maximum atomic E-state index is 12.1. The Labute approximate surface area is 173 Å². The number of benzene rings is 1. The van der Waals surface area contributed by atoms with Crippen LogP contribution < -0.4 is 20.7 Å². The predicted octanol–water partition coefficient (Wildman–Crippen LogP) is 1.19. The van der Waals surface area contributed by atoms with Gasteiger partial charge in [0.25, 0.3) is 0 Å². The molecule has 0 fully saturated rings. The number of guanidine groups is 1. The molecule has 1 aromatic rings. The standard InChI is InChI=1S/C19H33N5O4S/c1-5-20-17(21-11-12-23-18(25)28-19(2,3)4)22-13-14-29(26,27)24-15-16-9-7-6-8-10-16/h6-10,24H,5,11-15H2,1-4H3,(H,23,25)(H2,20,21,22). The molecule has 0 spiro atoms. The largest absolute Gasteiger partial charge is 0.444 e. The van der Waals surface area contributed by atoms with Crippen molar-refractivity contribution in [1.29, 1.82) is 0 Å². The maximum Gasteiger partial charge on any atom is 0.407 e. The number of alkyl carbamates (subject to hydrolysis) is 1. The lowest BCUT2D eigenvalue weighted by Crippen LogP contribution is -2.42. The Morgan fingerprint density at radius 1 is 1.07 bits per heavy atom. The third-order valence-corrected chi connectivity index (χ3v) is 4.70. The van der Waals surface area contributed by atoms with E-state index in [-0.39, 0.29) is 18.8 Å². The number of nitrogens with zero attached hydrogens (tertiary/aromatic N) is 1. The fourth-order valence-electron chi connectivity index (χ4n) is 2.14. The van der Waals surface area contributed by atoms with Gasteiger partial charge in [0.1, 0.15) is 5.60 Å². The van der Waals surface area contributed by atoms with Gasteiger partial charge in [0, 0.05) is 26.2 Å². The number of amides is 1. The van der Waals surface area contributed by atoms with E-state index in [1.165, 1.54) is 0 Å². The minimum atomic E-state index is -3.43. The van der Waals surface area contributed by atoms with Crippen molar-refractivity contribution in [3.05, 3.63) is 35.9 Å². The summed E-state index contributed by atoms with van der Waals surface area (Å²) in [4.78, 5) is 15.9. The third-order valence-electron chi connectivity index (χ3n) is 3.40. The molecule has 1 amide bonds. The molecule has 10 heteroatoms. The lowest BCUT2D eigenvalue weighted by atomic mass is 10.2. The molecule has 0 aliphatic heterocycles. The molecular formula is C19H33N5O4S. The maximum absolute atomic E-state index is 12.1.